The Labute approximate surface area is 218 Å². The van der Waals surface area contributed by atoms with Crippen LogP contribution in [0, 0.1) is 11.7 Å². The molecule has 9 nitrogen and oxygen atoms in total. The average molecular weight is 530 g/mol. The van der Waals surface area contributed by atoms with Crippen LogP contribution in [0.3, 0.4) is 0 Å². The molecule has 2 aromatic carbocycles. The number of rotatable bonds is 12. The lowest BCUT2D eigenvalue weighted by Crippen LogP contribution is -2.50. The molecule has 196 valence electrons. The first-order valence-corrected chi connectivity index (χ1v) is 12.5. The Morgan fingerprint density at radius 2 is 2.03 bits per heavy atom. The molecule has 0 aliphatic carbocycles. The second-order valence-corrected chi connectivity index (χ2v) is 9.71. The largest absolute Gasteiger partial charge is 0.481 e. The normalized spacial score (nSPS) is 17.1. The molecule has 1 aliphatic heterocycles. The lowest BCUT2D eigenvalue weighted by molar-refractivity contribution is -0.142. The van der Waals surface area contributed by atoms with Gasteiger partial charge in [0.15, 0.2) is 5.69 Å². The van der Waals surface area contributed by atoms with Crippen LogP contribution in [-0.2, 0) is 11.2 Å². The summed E-state index contributed by atoms with van der Waals surface area (Å²) in [6.07, 6.45) is 3.18. The number of carboxylic acid groups (broad SMARTS) is 1. The van der Waals surface area contributed by atoms with Crippen LogP contribution in [0.4, 0.5) is 4.39 Å². The van der Waals surface area contributed by atoms with E-state index in [1.165, 1.54) is 18.3 Å². The number of hydrogen-bond donors (Lipinski definition) is 4. The number of aromatic amines is 1. The molecule has 0 saturated carbocycles. The van der Waals surface area contributed by atoms with Crippen molar-refractivity contribution in [2.24, 2.45) is 5.92 Å². The number of aliphatic hydroxyl groups is 1. The number of carbonyl (C=O) groups is 2. The predicted octanol–water partition coefficient (Wildman–Crippen LogP) is 3.15. The molecule has 0 spiro atoms. The maximum Gasteiger partial charge on any atom is 0.306 e. The van der Waals surface area contributed by atoms with E-state index in [-0.39, 0.29) is 30.6 Å². The minimum absolute atomic E-state index is 0.0587. The molecule has 3 atom stereocenters. The molecule has 2 heterocycles. The third-order valence-electron chi connectivity index (χ3n) is 6.82. The topological polar surface area (TPSA) is 131 Å². The van der Waals surface area contributed by atoms with Crippen LogP contribution < -0.4 is 5.32 Å². The number of carbonyl (C=O) groups excluding carboxylic acids is 1. The standard InChI is InChI=1S/C26H29ClFN5O4/c27-19-5-6-23(28)22(13-19)17-3-1-16(2-4-17)11-20(30-25(35)24-14-29-32-31-24)12-18(26(36)37)7-9-33-10-8-21(33)15-34/h1-6,13-14,18,20-21,34H,7-12,15H2,(H,30,35)(H,36,37)(H,29,31,32)/t18-,20-,21+/m1/s1. The van der Waals surface area contributed by atoms with Gasteiger partial charge in [-0.2, -0.15) is 15.4 Å². The summed E-state index contributed by atoms with van der Waals surface area (Å²) >= 11 is 6.02. The summed E-state index contributed by atoms with van der Waals surface area (Å²) in [5.74, 6) is -2.47. The smallest absolute Gasteiger partial charge is 0.306 e. The Balaban J connectivity index is 1.48. The van der Waals surface area contributed by atoms with E-state index in [2.05, 4.69) is 25.6 Å². The van der Waals surface area contributed by atoms with Gasteiger partial charge in [0, 0.05) is 29.2 Å². The molecule has 1 amide bonds. The first kappa shape index (κ1) is 26.7. The fraction of sp³-hybridized carbons (Fsp3) is 0.385. The average Bonchev–Trinajstić information content (AvgIpc) is 3.40. The van der Waals surface area contributed by atoms with E-state index in [4.69, 9.17) is 11.6 Å². The van der Waals surface area contributed by atoms with Crippen LogP contribution in [0.2, 0.25) is 5.02 Å². The first-order valence-electron chi connectivity index (χ1n) is 12.1. The SMILES string of the molecule is O=C(N[C@H](Cc1ccc(-c2cc(Cl)ccc2F)cc1)C[C@@H](CCN1CC[C@H]1CO)C(=O)O)c1cn[nH]n1. The quantitative estimate of drug-likeness (QED) is 0.283. The summed E-state index contributed by atoms with van der Waals surface area (Å²) in [6.45, 7) is 1.46. The number of aliphatic hydroxyl groups excluding tert-OH is 1. The lowest BCUT2D eigenvalue weighted by Gasteiger charge is -2.40. The summed E-state index contributed by atoms with van der Waals surface area (Å²) in [5, 5.41) is 32.5. The molecule has 11 heteroatoms. The number of H-pyrrole nitrogens is 1. The van der Waals surface area contributed by atoms with Crippen molar-refractivity contribution in [3.8, 4) is 11.1 Å². The number of nitrogens with one attached hydrogen (secondary N) is 2. The van der Waals surface area contributed by atoms with Gasteiger partial charge in [0.1, 0.15) is 5.82 Å². The number of aliphatic carboxylic acids is 1. The molecule has 1 aliphatic rings. The summed E-state index contributed by atoms with van der Waals surface area (Å²) < 4.78 is 14.3. The first-order chi connectivity index (χ1) is 17.8. The summed E-state index contributed by atoms with van der Waals surface area (Å²) in [6, 6.07) is 11.1. The van der Waals surface area contributed by atoms with Gasteiger partial charge in [0.2, 0.25) is 0 Å². The van der Waals surface area contributed by atoms with E-state index in [0.29, 0.717) is 35.5 Å². The van der Waals surface area contributed by atoms with Crippen LogP contribution >= 0.6 is 11.6 Å². The number of amides is 1. The fourth-order valence-corrected chi connectivity index (χ4v) is 4.76. The van der Waals surface area contributed by atoms with E-state index in [1.54, 1.807) is 18.2 Å². The zero-order valence-corrected chi connectivity index (χ0v) is 20.9. The van der Waals surface area contributed by atoms with Gasteiger partial charge >= 0.3 is 5.97 Å². The van der Waals surface area contributed by atoms with E-state index < -0.39 is 23.8 Å². The number of carboxylic acids is 1. The van der Waals surface area contributed by atoms with Gasteiger partial charge in [-0.15, -0.1) is 0 Å². The van der Waals surface area contributed by atoms with Crippen LogP contribution in [0.5, 0.6) is 0 Å². The van der Waals surface area contributed by atoms with Crippen LogP contribution in [0.1, 0.15) is 35.3 Å². The molecule has 1 fully saturated rings. The Morgan fingerprint density at radius 3 is 2.65 bits per heavy atom. The second-order valence-electron chi connectivity index (χ2n) is 9.27. The van der Waals surface area contributed by atoms with Crippen LogP contribution in [0.15, 0.2) is 48.7 Å². The van der Waals surface area contributed by atoms with Gasteiger partial charge in [-0.1, -0.05) is 35.9 Å². The molecule has 3 aromatic rings. The molecule has 1 aromatic heterocycles. The van der Waals surface area contributed by atoms with Crippen molar-refractivity contribution in [3.05, 3.63) is 70.8 Å². The van der Waals surface area contributed by atoms with Crippen molar-refractivity contribution in [2.45, 2.75) is 37.8 Å². The highest BCUT2D eigenvalue weighted by molar-refractivity contribution is 6.30. The van der Waals surface area contributed by atoms with Crippen molar-refractivity contribution in [1.29, 1.82) is 0 Å². The van der Waals surface area contributed by atoms with Gasteiger partial charge in [-0.25, -0.2) is 4.39 Å². The maximum atomic E-state index is 14.3. The zero-order chi connectivity index (χ0) is 26.4. The van der Waals surface area contributed by atoms with Crippen molar-refractivity contribution in [1.82, 2.24) is 25.6 Å². The summed E-state index contributed by atoms with van der Waals surface area (Å²) in [7, 11) is 0. The van der Waals surface area contributed by atoms with E-state index in [9.17, 15) is 24.2 Å². The Morgan fingerprint density at radius 1 is 1.24 bits per heavy atom. The number of likely N-dealkylation sites (tertiary alicyclic amines) is 1. The van der Waals surface area contributed by atoms with E-state index in [0.717, 1.165) is 18.5 Å². The molecular weight excluding hydrogens is 501 g/mol. The van der Waals surface area contributed by atoms with Gasteiger partial charge < -0.3 is 15.5 Å². The molecule has 0 bridgehead atoms. The minimum atomic E-state index is -0.937. The number of aromatic nitrogens is 3. The number of hydrogen-bond acceptors (Lipinski definition) is 6. The van der Waals surface area contributed by atoms with Crippen molar-refractivity contribution < 1.29 is 24.2 Å². The van der Waals surface area contributed by atoms with Gasteiger partial charge in [0.25, 0.3) is 5.91 Å². The third kappa shape index (κ3) is 6.91. The molecule has 1 saturated heterocycles. The monoisotopic (exact) mass is 529 g/mol. The van der Waals surface area contributed by atoms with Crippen LogP contribution in [-0.4, -0.2) is 74.2 Å². The molecule has 37 heavy (non-hydrogen) atoms. The number of halogens is 2. The molecule has 0 radical (unpaired) electrons. The molecule has 0 unspecified atom stereocenters. The van der Waals surface area contributed by atoms with Crippen molar-refractivity contribution in [3.63, 3.8) is 0 Å². The third-order valence-corrected chi connectivity index (χ3v) is 7.05. The van der Waals surface area contributed by atoms with Crippen molar-refractivity contribution >= 4 is 23.5 Å². The van der Waals surface area contributed by atoms with Crippen LogP contribution in [0.25, 0.3) is 11.1 Å². The summed E-state index contributed by atoms with van der Waals surface area (Å²) in [5.41, 5.74) is 2.00. The van der Waals surface area contributed by atoms with Gasteiger partial charge in [0.05, 0.1) is 18.7 Å². The zero-order valence-electron chi connectivity index (χ0n) is 20.1. The number of nitrogens with zero attached hydrogens (tertiary/aromatic N) is 3. The number of benzene rings is 2. The predicted molar refractivity (Wildman–Crippen MR) is 136 cm³/mol. The van der Waals surface area contributed by atoms with E-state index >= 15 is 0 Å². The highest BCUT2D eigenvalue weighted by atomic mass is 35.5. The highest BCUT2D eigenvalue weighted by Gasteiger charge is 2.30. The Hall–Kier alpha value is -3.34. The molecule has 4 N–H and O–H groups in total. The van der Waals surface area contributed by atoms with Gasteiger partial charge in [-0.3, -0.25) is 14.5 Å². The van der Waals surface area contributed by atoms with Crippen molar-refractivity contribution in [2.75, 3.05) is 19.7 Å². The fourth-order valence-electron chi connectivity index (χ4n) is 4.59. The highest BCUT2D eigenvalue weighted by Crippen LogP contribution is 2.27. The Kier molecular flexibility index (Phi) is 8.86. The molecule has 4 rings (SSSR count). The Bertz CT molecular complexity index is 1210. The lowest BCUT2D eigenvalue weighted by atomic mass is 9.91. The molecular formula is C26H29ClFN5O4. The summed E-state index contributed by atoms with van der Waals surface area (Å²) in [4.78, 5) is 26.9. The second kappa shape index (κ2) is 12.3. The maximum absolute atomic E-state index is 14.3. The minimum Gasteiger partial charge on any atom is -0.481 e. The van der Waals surface area contributed by atoms with Gasteiger partial charge in [-0.05, 0) is 61.6 Å². The van der Waals surface area contributed by atoms with E-state index in [1.807, 2.05) is 12.1 Å².